The minimum absolute atomic E-state index is 0.0111. The number of aromatic nitrogens is 1. The molecule has 0 amide bonds. The Morgan fingerprint density at radius 1 is 1.18 bits per heavy atom. The molecular formula is C17H16BrNO3. The molecule has 1 aromatic heterocycles. The van der Waals surface area contributed by atoms with Crippen molar-refractivity contribution < 1.29 is 15.0 Å². The van der Waals surface area contributed by atoms with E-state index >= 15 is 0 Å². The van der Waals surface area contributed by atoms with Crippen LogP contribution in [0.25, 0.3) is 5.69 Å². The lowest BCUT2D eigenvalue weighted by Crippen LogP contribution is -2.28. The molecular weight excluding hydrogens is 346 g/mol. The number of ketones is 1. The molecule has 2 N–H and O–H groups in total. The van der Waals surface area contributed by atoms with Gasteiger partial charge in [-0.05, 0) is 49.4 Å². The van der Waals surface area contributed by atoms with Crippen molar-refractivity contribution in [3.63, 3.8) is 0 Å². The molecule has 5 rings (SSSR count). The minimum Gasteiger partial charge on any atom is -0.494 e. The fourth-order valence-electron chi connectivity index (χ4n) is 3.91. The van der Waals surface area contributed by atoms with Crippen LogP contribution in [-0.4, -0.2) is 20.6 Å². The van der Waals surface area contributed by atoms with Crippen LogP contribution >= 0.6 is 15.9 Å². The van der Waals surface area contributed by atoms with E-state index in [1.807, 2.05) is 25.1 Å². The van der Waals surface area contributed by atoms with Gasteiger partial charge in [-0.1, -0.05) is 15.9 Å². The molecule has 3 aliphatic carbocycles. The van der Waals surface area contributed by atoms with Crippen molar-refractivity contribution >= 4 is 21.7 Å². The number of nitrogens with zero attached hydrogens (tertiary/aromatic N) is 1. The van der Waals surface area contributed by atoms with Crippen LogP contribution in [0.5, 0.6) is 11.8 Å². The van der Waals surface area contributed by atoms with Gasteiger partial charge in [0.15, 0.2) is 0 Å². The van der Waals surface area contributed by atoms with E-state index in [4.69, 9.17) is 0 Å². The molecule has 0 saturated heterocycles. The molecule has 1 fully saturated rings. The second-order valence-corrected chi connectivity index (χ2v) is 7.10. The summed E-state index contributed by atoms with van der Waals surface area (Å²) in [4.78, 5) is 12.1. The normalized spacial score (nSPS) is 22.9. The maximum Gasteiger partial charge on any atom is 0.202 e. The molecule has 1 aromatic carbocycles. The first-order chi connectivity index (χ1) is 10.5. The number of aryl methyl sites for hydroxylation is 1. The van der Waals surface area contributed by atoms with Crippen LogP contribution in [0.4, 0.5) is 0 Å². The predicted octanol–water partition coefficient (Wildman–Crippen LogP) is 3.89. The number of aromatic hydroxyl groups is 2. The molecule has 22 heavy (non-hydrogen) atoms. The van der Waals surface area contributed by atoms with Crippen molar-refractivity contribution in [3.05, 3.63) is 39.4 Å². The molecule has 1 saturated carbocycles. The standard InChI is InChI=1S/C17H16BrNO3/c1-8-6-10(3-5-12(8)18)19-16(21)14-9-2-4-11(13(20)7-9)15(14)17(19)22/h3,5-6,9,11,21-22H,2,4,7H2,1H3. The number of carbonyl (C=O) groups is 1. The molecule has 2 aromatic rings. The van der Waals surface area contributed by atoms with Crippen LogP contribution in [0.15, 0.2) is 22.7 Å². The van der Waals surface area contributed by atoms with Crippen LogP contribution < -0.4 is 0 Å². The van der Waals surface area contributed by atoms with Gasteiger partial charge < -0.3 is 10.2 Å². The number of fused-ring (bicyclic) bond motifs is 2. The van der Waals surface area contributed by atoms with Gasteiger partial charge in [0, 0.05) is 27.9 Å². The highest BCUT2D eigenvalue weighted by molar-refractivity contribution is 9.10. The van der Waals surface area contributed by atoms with Gasteiger partial charge in [0.1, 0.15) is 5.78 Å². The summed E-state index contributed by atoms with van der Waals surface area (Å²) in [6, 6.07) is 5.63. The third kappa shape index (κ3) is 1.72. The van der Waals surface area contributed by atoms with Crippen molar-refractivity contribution in [2.45, 2.75) is 38.0 Å². The second kappa shape index (κ2) is 4.62. The highest BCUT2D eigenvalue weighted by Gasteiger charge is 2.45. The SMILES string of the molecule is Cc1cc(-n2c(O)c3c(c2O)C2CCC3CC2=O)ccc1Br. The van der Waals surface area contributed by atoms with Crippen molar-refractivity contribution in [2.24, 2.45) is 0 Å². The third-order valence-electron chi connectivity index (χ3n) is 4.99. The molecule has 114 valence electrons. The van der Waals surface area contributed by atoms with Crippen molar-refractivity contribution in [3.8, 4) is 17.4 Å². The lowest BCUT2D eigenvalue weighted by Gasteiger charge is -2.34. The maximum atomic E-state index is 12.1. The second-order valence-electron chi connectivity index (χ2n) is 6.24. The molecule has 2 bridgehead atoms. The first-order valence-corrected chi connectivity index (χ1v) is 8.24. The molecule has 2 atom stereocenters. The summed E-state index contributed by atoms with van der Waals surface area (Å²) < 4.78 is 2.44. The van der Waals surface area contributed by atoms with Gasteiger partial charge in [-0.3, -0.25) is 9.36 Å². The van der Waals surface area contributed by atoms with Gasteiger partial charge in [0.2, 0.25) is 11.8 Å². The first kappa shape index (κ1) is 13.9. The zero-order valence-corrected chi connectivity index (χ0v) is 13.7. The Hall–Kier alpha value is -1.75. The summed E-state index contributed by atoms with van der Waals surface area (Å²) >= 11 is 3.45. The van der Waals surface area contributed by atoms with Crippen molar-refractivity contribution in [2.75, 3.05) is 0 Å². The van der Waals surface area contributed by atoms with Crippen LogP contribution in [-0.2, 0) is 4.79 Å². The average Bonchev–Trinajstić information content (AvgIpc) is 2.76. The Labute approximate surface area is 136 Å². The summed E-state index contributed by atoms with van der Waals surface area (Å²) in [5.74, 6) is 0.0523. The Balaban J connectivity index is 1.96. The summed E-state index contributed by atoms with van der Waals surface area (Å²) in [5, 5.41) is 21.3. The van der Waals surface area contributed by atoms with Crippen molar-refractivity contribution in [1.82, 2.24) is 4.57 Å². The van der Waals surface area contributed by atoms with E-state index in [-0.39, 0.29) is 29.4 Å². The molecule has 0 aliphatic heterocycles. The summed E-state index contributed by atoms with van der Waals surface area (Å²) in [5.41, 5.74) is 3.14. The Kier molecular flexibility index (Phi) is 2.92. The number of benzene rings is 1. The number of hydrogen-bond donors (Lipinski definition) is 2. The minimum atomic E-state index is -0.260. The number of halogens is 1. The van der Waals surface area contributed by atoms with Gasteiger partial charge in [0.05, 0.1) is 5.69 Å². The monoisotopic (exact) mass is 361 g/mol. The van der Waals surface area contributed by atoms with E-state index < -0.39 is 0 Å². The van der Waals surface area contributed by atoms with Gasteiger partial charge in [-0.15, -0.1) is 0 Å². The van der Waals surface area contributed by atoms with E-state index in [1.165, 1.54) is 4.57 Å². The molecule has 2 unspecified atom stereocenters. The van der Waals surface area contributed by atoms with Gasteiger partial charge in [0.25, 0.3) is 0 Å². The van der Waals surface area contributed by atoms with E-state index in [1.54, 1.807) is 0 Å². The highest BCUT2D eigenvalue weighted by atomic mass is 79.9. The molecule has 0 radical (unpaired) electrons. The Morgan fingerprint density at radius 2 is 1.91 bits per heavy atom. The van der Waals surface area contributed by atoms with Crippen LogP contribution in [0, 0.1) is 6.92 Å². The zero-order chi connectivity index (χ0) is 15.6. The summed E-state index contributed by atoms with van der Waals surface area (Å²) in [6.45, 7) is 1.96. The number of rotatable bonds is 1. The van der Waals surface area contributed by atoms with E-state index in [9.17, 15) is 15.0 Å². The molecule has 1 heterocycles. The van der Waals surface area contributed by atoms with Gasteiger partial charge >= 0.3 is 0 Å². The topological polar surface area (TPSA) is 62.5 Å². The quantitative estimate of drug-likeness (QED) is 0.809. The van der Waals surface area contributed by atoms with E-state index in [2.05, 4.69) is 15.9 Å². The largest absolute Gasteiger partial charge is 0.494 e. The smallest absolute Gasteiger partial charge is 0.202 e. The molecule has 3 aliphatic rings. The predicted molar refractivity (Wildman–Crippen MR) is 85.9 cm³/mol. The Morgan fingerprint density at radius 3 is 2.59 bits per heavy atom. The van der Waals surface area contributed by atoms with Gasteiger partial charge in [-0.2, -0.15) is 0 Å². The zero-order valence-electron chi connectivity index (χ0n) is 12.1. The van der Waals surface area contributed by atoms with E-state index in [0.29, 0.717) is 17.7 Å². The first-order valence-electron chi connectivity index (χ1n) is 7.44. The number of carbonyl (C=O) groups excluding carboxylic acids is 1. The highest BCUT2D eigenvalue weighted by Crippen LogP contribution is 2.55. The maximum absolute atomic E-state index is 12.1. The van der Waals surface area contributed by atoms with Crippen LogP contribution in [0.1, 0.15) is 47.8 Å². The average molecular weight is 362 g/mol. The number of Topliss-reactive ketones (excluding diaryl/α,β-unsaturated/α-hetero) is 1. The lowest BCUT2D eigenvalue weighted by atomic mass is 9.67. The molecule has 5 heteroatoms. The van der Waals surface area contributed by atoms with Crippen LogP contribution in [0.2, 0.25) is 0 Å². The van der Waals surface area contributed by atoms with Crippen LogP contribution in [0.3, 0.4) is 0 Å². The fourth-order valence-corrected chi connectivity index (χ4v) is 4.16. The Bertz CT molecular complexity index is 809. The van der Waals surface area contributed by atoms with E-state index in [0.717, 1.165) is 28.4 Å². The fraction of sp³-hybridized carbons (Fsp3) is 0.353. The van der Waals surface area contributed by atoms with Gasteiger partial charge in [-0.25, -0.2) is 0 Å². The lowest BCUT2D eigenvalue weighted by molar-refractivity contribution is -0.123. The summed E-state index contributed by atoms with van der Waals surface area (Å²) in [6.07, 6.45) is 2.15. The summed E-state index contributed by atoms with van der Waals surface area (Å²) in [7, 11) is 0. The van der Waals surface area contributed by atoms with Crippen molar-refractivity contribution in [1.29, 1.82) is 0 Å². The third-order valence-corrected chi connectivity index (χ3v) is 5.88. The molecule has 0 spiro atoms. The number of hydrogen-bond acceptors (Lipinski definition) is 3. The molecule has 4 nitrogen and oxygen atoms in total.